The van der Waals surface area contributed by atoms with Crippen LogP contribution in [0, 0.1) is 10.1 Å². The topological polar surface area (TPSA) is 157 Å². The average molecular weight is 514 g/mol. The molecule has 0 bridgehead atoms. The first-order valence-electron chi connectivity index (χ1n) is 9.62. The van der Waals surface area contributed by atoms with Crippen LogP contribution in [0.5, 0.6) is 0 Å². The highest BCUT2D eigenvalue weighted by atomic mass is 35.5. The predicted octanol–water partition coefficient (Wildman–Crippen LogP) is 3.49. The summed E-state index contributed by atoms with van der Waals surface area (Å²) in [5, 5.41) is 32.3. The molecule has 0 spiro atoms. The smallest absolute Gasteiger partial charge is 0.335 e. The second kappa shape index (κ2) is 12.9. The van der Waals surface area contributed by atoms with Crippen LogP contribution in [0.3, 0.4) is 0 Å². The van der Waals surface area contributed by atoms with Crippen LogP contribution in [0.15, 0.2) is 67.3 Å². The van der Waals surface area contributed by atoms with E-state index >= 15 is 0 Å². The molecule has 0 saturated carbocycles. The van der Waals surface area contributed by atoms with Gasteiger partial charge in [0.2, 0.25) is 5.79 Å². The lowest BCUT2D eigenvalue weighted by Gasteiger charge is -2.29. The first kappa shape index (κ1) is 27.0. The third kappa shape index (κ3) is 7.97. The van der Waals surface area contributed by atoms with E-state index in [0.717, 1.165) is 0 Å². The molecule has 2 aromatic carbocycles. The van der Waals surface area contributed by atoms with E-state index in [1.807, 2.05) is 10.8 Å². The molecule has 3 N–H and O–H groups in total. The summed E-state index contributed by atoms with van der Waals surface area (Å²) in [6.07, 6.45) is 4.77. The van der Waals surface area contributed by atoms with E-state index in [0.29, 0.717) is 34.3 Å². The number of aliphatic hydroxyl groups excluding tert-OH is 1. The summed E-state index contributed by atoms with van der Waals surface area (Å²) in [5.41, 5.74) is 1.01. The number of imidazole rings is 1. The minimum absolute atomic E-state index is 0.114. The molecule has 34 heavy (non-hydrogen) atoms. The second-order valence-electron chi connectivity index (χ2n) is 6.75. The first-order chi connectivity index (χ1) is 16.2. The Hall–Kier alpha value is -3.22. The second-order valence-corrected chi connectivity index (χ2v) is 7.60. The van der Waals surface area contributed by atoms with Crippen LogP contribution >= 0.6 is 23.2 Å². The Morgan fingerprint density at radius 1 is 1.26 bits per heavy atom. The number of ether oxygens (including phenoxy) is 2. The van der Waals surface area contributed by atoms with Gasteiger partial charge in [0.25, 0.3) is 5.09 Å². The van der Waals surface area contributed by atoms with Crippen LogP contribution in [0.2, 0.25) is 10.0 Å². The summed E-state index contributed by atoms with van der Waals surface area (Å²) in [5.74, 6) is -1.94. The number of nitrogens with zero attached hydrogens (tertiary/aromatic N) is 3. The zero-order chi connectivity index (χ0) is 25.1. The van der Waals surface area contributed by atoms with Gasteiger partial charge in [0, 0.05) is 23.0 Å². The van der Waals surface area contributed by atoms with Gasteiger partial charge in [-0.3, -0.25) is 0 Å². The van der Waals surface area contributed by atoms with Crippen LogP contribution in [-0.2, 0) is 21.8 Å². The van der Waals surface area contributed by atoms with Crippen molar-refractivity contribution in [2.75, 3.05) is 13.2 Å². The lowest BCUT2D eigenvalue weighted by atomic mass is 10.1. The molecule has 11 nitrogen and oxygen atoms in total. The summed E-state index contributed by atoms with van der Waals surface area (Å²) in [7, 11) is 0. The fourth-order valence-corrected chi connectivity index (χ4v) is 3.52. The SMILES string of the molecule is O=C(O)c1ccccc1.O=[N+]([O-])O.OCC1COC(Cn2ccnc2)(c2ccc(Cl)cc2Cl)O1. The summed E-state index contributed by atoms with van der Waals surface area (Å²) in [6, 6.07) is 13.5. The lowest BCUT2D eigenvalue weighted by molar-refractivity contribution is -0.742. The number of aromatic carboxylic acids is 1. The van der Waals surface area contributed by atoms with Gasteiger partial charge >= 0.3 is 5.97 Å². The molecule has 1 fully saturated rings. The highest BCUT2D eigenvalue weighted by Gasteiger charge is 2.44. The third-order valence-corrected chi connectivity index (χ3v) is 4.92. The van der Waals surface area contributed by atoms with Crippen LogP contribution in [0.25, 0.3) is 0 Å². The molecule has 2 unspecified atom stereocenters. The van der Waals surface area contributed by atoms with E-state index in [-0.39, 0.29) is 12.7 Å². The molecule has 13 heteroatoms. The first-order valence-corrected chi connectivity index (χ1v) is 10.4. The Bertz CT molecular complexity index is 1070. The molecule has 182 valence electrons. The van der Waals surface area contributed by atoms with Crippen molar-refractivity contribution in [2.45, 2.75) is 18.4 Å². The Kier molecular flexibility index (Phi) is 10.2. The molecule has 0 radical (unpaired) electrons. The monoisotopic (exact) mass is 513 g/mol. The van der Waals surface area contributed by atoms with Crippen molar-refractivity contribution in [1.29, 1.82) is 0 Å². The van der Waals surface area contributed by atoms with Crippen LogP contribution in [-0.4, -0.2) is 55.3 Å². The van der Waals surface area contributed by atoms with Gasteiger partial charge in [-0.25, -0.2) is 9.78 Å². The number of benzene rings is 2. The number of rotatable bonds is 5. The van der Waals surface area contributed by atoms with Crippen molar-refractivity contribution in [1.82, 2.24) is 9.55 Å². The highest BCUT2D eigenvalue weighted by Crippen LogP contribution is 2.40. The quantitative estimate of drug-likeness (QED) is 0.342. The van der Waals surface area contributed by atoms with Crippen molar-refractivity contribution >= 4 is 29.2 Å². The predicted molar refractivity (Wildman–Crippen MR) is 120 cm³/mol. The normalized spacial score (nSPS) is 18.7. The van der Waals surface area contributed by atoms with Gasteiger partial charge in [0.1, 0.15) is 6.10 Å². The average Bonchev–Trinajstić information content (AvgIpc) is 3.45. The fourth-order valence-electron chi connectivity index (χ4n) is 2.96. The maximum atomic E-state index is 10.2. The van der Waals surface area contributed by atoms with Crippen molar-refractivity contribution < 1.29 is 34.8 Å². The van der Waals surface area contributed by atoms with Gasteiger partial charge in [-0.05, 0) is 24.3 Å². The number of aromatic nitrogens is 2. The summed E-state index contributed by atoms with van der Waals surface area (Å²) < 4.78 is 13.6. The molecule has 0 aliphatic carbocycles. The number of hydrogen-bond donors (Lipinski definition) is 3. The summed E-state index contributed by atoms with van der Waals surface area (Å²) in [4.78, 5) is 22.6. The zero-order valence-electron chi connectivity index (χ0n) is 17.5. The Labute approximate surface area is 203 Å². The van der Waals surface area contributed by atoms with E-state index < -0.39 is 16.8 Å². The molecule has 1 aromatic heterocycles. The van der Waals surface area contributed by atoms with Crippen molar-refractivity contribution in [2.24, 2.45) is 0 Å². The number of hydrogen-bond acceptors (Lipinski definition) is 7. The van der Waals surface area contributed by atoms with E-state index in [1.165, 1.54) is 0 Å². The molecule has 2 heterocycles. The van der Waals surface area contributed by atoms with Gasteiger partial charge in [-0.15, -0.1) is 10.1 Å². The molecular formula is C21H21Cl2N3O8. The molecule has 3 aromatic rings. The Morgan fingerprint density at radius 3 is 2.41 bits per heavy atom. The number of carboxylic acids is 1. The number of aliphatic hydroxyl groups is 1. The Balaban J connectivity index is 0.000000260. The standard InChI is InChI=1S/C14H14Cl2N2O3.C7H6O2.HNO3/c15-10-1-2-12(13(16)5-10)14(8-18-4-3-17-9-18)20-7-11(6-19)21-14;8-7(9)6-4-2-1-3-5-6;2-1(3)4/h1-5,9,11,19H,6-8H2;1-5H,(H,8,9);(H,2,3,4). The van der Waals surface area contributed by atoms with Crippen LogP contribution in [0.4, 0.5) is 0 Å². The van der Waals surface area contributed by atoms with Crippen LogP contribution in [0.1, 0.15) is 15.9 Å². The fraction of sp³-hybridized carbons (Fsp3) is 0.238. The molecule has 0 amide bonds. The molecule has 4 rings (SSSR count). The van der Waals surface area contributed by atoms with Gasteiger partial charge < -0.3 is 29.5 Å². The third-order valence-electron chi connectivity index (χ3n) is 4.38. The van der Waals surface area contributed by atoms with Crippen molar-refractivity contribution in [3.8, 4) is 0 Å². The number of carbonyl (C=O) groups is 1. The van der Waals surface area contributed by atoms with Gasteiger partial charge in [0.15, 0.2) is 0 Å². The largest absolute Gasteiger partial charge is 0.478 e. The highest BCUT2D eigenvalue weighted by molar-refractivity contribution is 6.35. The molecule has 1 saturated heterocycles. The maximum absolute atomic E-state index is 10.2. The summed E-state index contributed by atoms with van der Waals surface area (Å²) >= 11 is 12.2. The maximum Gasteiger partial charge on any atom is 0.335 e. The van der Waals surface area contributed by atoms with Gasteiger partial charge in [-0.1, -0.05) is 47.5 Å². The minimum atomic E-state index is -1.50. The molecular weight excluding hydrogens is 493 g/mol. The van der Waals surface area contributed by atoms with E-state index in [4.69, 9.17) is 53.1 Å². The zero-order valence-corrected chi connectivity index (χ0v) is 19.0. The minimum Gasteiger partial charge on any atom is -0.478 e. The number of carboxylic acid groups (broad SMARTS) is 1. The molecule has 1 aliphatic heterocycles. The summed E-state index contributed by atoms with van der Waals surface area (Å²) in [6.45, 7) is 0.561. The van der Waals surface area contributed by atoms with Gasteiger partial charge in [0.05, 0.1) is 36.7 Å². The van der Waals surface area contributed by atoms with E-state index in [1.54, 1.807) is 61.1 Å². The lowest BCUT2D eigenvalue weighted by Crippen LogP contribution is -2.34. The number of halogens is 2. The van der Waals surface area contributed by atoms with Gasteiger partial charge in [-0.2, -0.15) is 0 Å². The van der Waals surface area contributed by atoms with Crippen LogP contribution < -0.4 is 0 Å². The Morgan fingerprint density at radius 2 is 1.94 bits per heavy atom. The molecule has 2 atom stereocenters. The van der Waals surface area contributed by atoms with Crippen molar-refractivity contribution in [3.05, 3.63) is 98.5 Å². The van der Waals surface area contributed by atoms with Crippen molar-refractivity contribution in [3.63, 3.8) is 0 Å². The van der Waals surface area contributed by atoms with E-state index in [2.05, 4.69) is 4.98 Å². The molecule has 1 aliphatic rings. The van der Waals surface area contributed by atoms with E-state index in [9.17, 15) is 9.90 Å².